The van der Waals surface area contributed by atoms with E-state index in [0.717, 1.165) is 50.4 Å². The summed E-state index contributed by atoms with van der Waals surface area (Å²) in [6, 6.07) is 15.6. The van der Waals surface area contributed by atoms with Crippen LogP contribution in [0.25, 0.3) is 0 Å². The lowest BCUT2D eigenvalue weighted by atomic mass is 10.1. The van der Waals surface area contributed by atoms with Crippen LogP contribution in [0.15, 0.2) is 42.6 Å². The van der Waals surface area contributed by atoms with Crippen LogP contribution in [0.4, 0.5) is 5.69 Å². The van der Waals surface area contributed by atoms with Crippen molar-refractivity contribution in [1.82, 2.24) is 9.88 Å². The summed E-state index contributed by atoms with van der Waals surface area (Å²) in [6.07, 6.45) is 3.84. The summed E-state index contributed by atoms with van der Waals surface area (Å²) in [5.74, 6) is 0.163. The summed E-state index contributed by atoms with van der Waals surface area (Å²) in [5.41, 5.74) is 3.47. The number of rotatable bonds is 4. The molecule has 0 aliphatic carbocycles. The molecule has 1 aliphatic heterocycles. The minimum atomic E-state index is 0.163. The fourth-order valence-electron chi connectivity index (χ4n) is 2.88. The molecule has 1 aromatic heterocycles. The van der Waals surface area contributed by atoms with Gasteiger partial charge in [-0.3, -0.25) is 9.78 Å². The predicted molar refractivity (Wildman–Crippen MR) is 91.4 cm³/mol. The number of piperazine rings is 1. The maximum Gasteiger partial charge on any atom is 0.219 e. The van der Waals surface area contributed by atoms with Crippen LogP contribution in [-0.4, -0.2) is 42.0 Å². The zero-order chi connectivity index (χ0) is 16.1. The van der Waals surface area contributed by atoms with Crippen LogP contribution in [0.3, 0.4) is 0 Å². The van der Waals surface area contributed by atoms with Gasteiger partial charge in [0.1, 0.15) is 0 Å². The normalized spacial score (nSPS) is 14.8. The third-order valence-corrected chi connectivity index (χ3v) is 4.32. The Morgan fingerprint density at radius 3 is 2.57 bits per heavy atom. The molecule has 0 saturated carbocycles. The number of benzene rings is 1. The lowest BCUT2D eigenvalue weighted by Crippen LogP contribution is -2.48. The van der Waals surface area contributed by atoms with E-state index in [1.807, 2.05) is 29.3 Å². The summed E-state index contributed by atoms with van der Waals surface area (Å²) in [7, 11) is 0. The summed E-state index contributed by atoms with van der Waals surface area (Å²) in [4.78, 5) is 20.1. The average Bonchev–Trinajstić information content (AvgIpc) is 2.61. The Balaban J connectivity index is 1.54. The number of carbonyl (C=O) groups is 1. The van der Waals surface area contributed by atoms with Gasteiger partial charge in [-0.15, -0.1) is 0 Å². The van der Waals surface area contributed by atoms with Gasteiger partial charge in [-0.1, -0.05) is 24.3 Å². The van der Waals surface area contributed by atoms with Crippen molar-refractivity contribution in [1.29, 1.82) is 0 Å². The van der Waals surface area contributed by atoms with E-state index in [1.54, 1.807) is 6.92 Å². The maximum atomic E-state index is 11.4. The fraction of sp³-hybridized carbons (Fsp3) is 0.368. The molecule has 0 atom stereocenters. The van der Waals surface area contributed by atoms with Crippen LogP contribution in [0.5, 0.6) is 0 Å². The Hall–Kier alpha value is -2.36. The van der Waals surface area contributed by atoms with Crippen molar-refractivity contribution in [3.8, 4) is 0 Å². The van der Waals surface area contributed by atoms with Gasteiger partial charge >= 0.3 is 0 Å². The molecule has 1 radical (unpaired) electrons. The number of amides is 1. The Bertz CT molecular complexity index is 631. The van der Waals surface area contributed by atoms with E-state index in [-0.39, 0.29) is 5.91 Å². The monoisotopic (exact) mass is 308 g/mol. The van der Waals surface area contributed by atoms with Crippen LogP contribution in [0.1, 0.15) is 18.2 Å². The minimum Gasteiger partial charge on any atom is -0.367 e. The molecule has 0 spiro atoms. The highest BCUT2D eigenvalue weighted by atomic mass is 16.2. The zero-order valence-corrected chi connectivity index (χ0v) is 13.5. The highest BCUT2D eigenvalue weighted by Gasteiger charge is 2.18. The van der Waals surface area contributed by atoms with Crippen molar-refractivity contribution in [2.24, 2.45) is 0 Å². The van der Waals surface area contributed by atoms with E-state index in [2.05, 4.69) is 34.1 Å². The molecule has 1 aromatic carbocycles. The number of anilines is 1. The van der Waals surface area contributed by atoms with Crippen molar-refractivity contribution >= 4 is 11.6 Å². The maximum absolute atomic E-state index is 11.4. The second kappa shape index (κ2) is 7.27. The molecule has 4 nitrogen and oxygen atoms in total. The molecule has 1 aliphatic rings. The van der Waals surface area contributed by atoms with Crippen LogP contribution in [0.2, 0.25) is 0 Å². The minimum absolute atomic E-state index is 0.163. The molecule has 4 heteroatoms. The van der Waals surface area contributed by atoms with Gasteiger partial charge < -0.3 is 9.80 Å². The average molecular weight is 308 g/mol. The number of nitrogens with zero attached hydrogens (tertiary/aromatic N) is 3. The van der Waals surface area contributed by atoms with Gasteiger partial charge in [0.05, 0.1) is 11.9 Å². The molecule has 119 valence electrons. The van der Waals surface area contributed by atoms with Crippen LogP contribution >= 0.6 is 0 Å². The Morgan fingerprint density at radius 1 is 1.13 bits per heavy atom. The summed E-state index contributed by atoms with van der Waals surface area (Å²) in [5, 5.41) is 0. The van der Waals surface area contributed by atoms with Crippen LogP contribution in [0, 0.1) is 6.07 Å². The van der Waals surface area contributed by atoms with Gasteiger partial charge in [-0.05, 0) is 36.6 Å². The highest BCUT2D eigenvalue weighted by molar-refractivity contribution is 5.73. The molecule has 2 aromatic rings. The first-order chi connectivity index (χ1) is 11.2. The van der Waals surface area contributed by atoms with Gasteiger partial charge in [0.2, 0.25) is 5.91 Å². The zero-order valence-electron chi connectivity index (χ0n) is 13.5. The number of aromatic nitrogens is 1. The van der Waals surface area contributed by atoms with E-state index in [1.165, 1.54) is 5.56 Å². The number of pyridine rings is 1. The summed E-state index contributed by atoms with van der Waals surface area (Å²) >= 11 is 0. The second-order valence-corrected chi connectivity index (χ2v) is 5.89. The van der Waals surface area contributed by atoms with E-state index >= 15 is 0 Å². The van der Waals surface area contributed by atoms with Gasteiger partial charge in [0.25, 0.3) is 0 Å². The first kappa shape index (κ1) is 15.5. The van der Waals surface area contributed by atoms with E-state index in [4.69, 9.17) is 0 Å². The third kappa shape index (κ3) is 4.09. The molecule has 23 heavy (non-hydrogen) atoms. The molecular weight excluding hydrogens is 286 g/mol. The first-order valence-electron chi connectivity index (χ1n) is 8.13. The summed E-state index contributed by atoms with van der Waals surface area (Å²) < 4.78 is 0. The lowest BCUT2D eigenvalue weighted by Gasteiger charge is -2.35. The Labute approximate surface area is 137 Å². The molecular formula is C19H22N3O. The smallest absolute Gasteiger partial charge is 0.219 e. The molecule has 2 heterocycles. The quantitative estimate of drug-likeness (QED) is 0.870. The molecule has 3 rings (SSSR count). The first-order valence-corrected chi connectivity index (χ1v) is 8.13. The predicted octanol–water partition coefficient (Wildman–Crippen LogP) is 2.34. The van der Waals surface area contributed by atoms with Crippen LogP contribution in [-0.2, 0) is 17.6 Å². The Morgan fingerprint density at radius 2 is 1.96 bits per heavy atom. The number of aryl methyl sites for hydroxylation is 2. The van der Waals surface area contributed by atoms with Gasteiger partial charge in [-0.2, -0.15) is 0 Å². The van der Waals surface area contributed by atoms with E-state index in [0.29, 0.717) is 0 Å². The molecule has 0 N–H and O–H groups in total. The lowest BCUT2D eigenvalue weighted by molar-refractivity contribution is -0.129. The van der Waals surface area contributed by atoms with Crippen molar-refractivity contribution in [3.05, 3.63) is 59.9 Å². The highest BCUT2D eigenvalue weighted by Crippen LogP contribution is 2.16. The summed E-state index contributed by atoms with van der Waals surface area (Å²) in [6.45, 7) is 4.97. The van der Waals surface area contributed by atoms with Gasteiger partial charge in [0.15, 0.2) is 0 Å². The van der Waals surface area contributed by atoms with Crippen LogP contribution < -0.4 is 4.90 Å². The number of hydrogen-bond acceptors (Lipinski definition) is 3. The largest absolute Gasteiger partial charge is 0.367 e. The SMILES string of the molecule is CC(=O)N1CCN(c2ccc(CCc3[c]cccc3)nc2)CC1. The van der Waals surface area contributed by atoms with E-state index < -0.39 is 0 Å². The molecule has 1 saturated heterocycles. The van der Waals surface area contributed by atoms with Crippen molar-refractivity contribution < 1.29 is 4.79 Å². The number of hydrogen-bond donors (Lipinski definition) is 0. The van der Waals surface area contributed by atoms with Gasteiger partial charge in [0, 0.05) is 38.8 Å². The molecule has 0 unspecified atom stereocenters. The van der Waals surface area contributed by atoms with Crippen molar-refractivity contribution in [2.45, 2.75) is 19.8 Å². The molecule has 1 amide bonds. The van der Waals surface area contributed by atoms with Crippen molar-refractivity contribution in [2.75, 3.05) is 31.1 Å². The topological polar surface area (TPSA) is 36.4 Å². The Kier molecular flexibility index (Phi) is 4.91. The van der Waals surface area contributed by atoms with E-state index in [9.17, 15) is 4.79 Å². The fourth-order valence-corrected chi connectivity index (χ4v) is 2.88. The molecule has 1 fully saturated rings. The second-order valence-electron chi connectivity index (χ2n) is 5.89. The molecule has 0 bridgehead atoms. The number of carbonyl (C=O) groups excluding carboxylic acids is 1. The van der Waals surface area contributed by atoms with Gasteiger partial charge in [-0.25, -0.2) is 0 Å². The third-order valence-electron chi connectivity index (χ3n) is 4.32. The standard InChI is InChI=1S/C19H22N3O/c1-16(23)21-11-13-22(14-12-21)19-10-9-18(20-15-19)8-7-17-5-3-2-4-6-17/h2-5,9-10,15H,7-8,11-14H2,1H3. The van der Waals surface area contributed by atoms with Crippen molar-refractivity contribution in [3.63, 3.8) is 0 Å².